The Bertz CT molecular complexity index is 814. The van der Waals surface area contributed by atoms with E-state index in [9.17, 15) is 14.7 Å². The average Bonchev–Trinajstić information content (AvgIpc) is 3.11. The number of aliphatic hydroxyl groups is 1. The maximum absolute atomic E-state index is 12.6. The molecule has 1 saturated heterocycles. The zero-order valence-electron chi connectivity index (χ0n) is 16.9. The Labute approximate surface area is 182 Å². The van der Waals surface area contributed by atoms with Crippen LogP contribution in [0.4, 0.5) is 4.79 Å². The summed E-state index contributed by atoms with van der Waals surface area (Å²) in [7, 11) is 0. The molecule has 0 aromatic heterocycles. The molecule has 0 amide bonds. The topological polar surface area (TPSA) is 72.8 Å². The Morgan fingerprint density at radius 1 is 1.24 bits per heavy atom. The van der Waals surface area contributed by atoms with Gasteiger partial charge in [0.1, 0.15) is 0 Å². The number of hydrogen-bond donors (Lipinski definition) is 1. The van der Waals surface area contributed by atoms with Gasteiger partial charge in [-0.3, -0.25) is 0 Å². The van der Waals surface area contributed by atoms with Crippen LogP contribution in [0.5, 0.6) is 0 Å². The van der Waals surface area contributed by atoms with Gasteiger partial charge in [0.05, 0.1) is 0 Å². The first kappa shape index (κ1) is 23.3. The van der Waals surface area contributed by atoms with Crippen LogP contribution in [0.3, 0.4) is 0 Å². The van der Waals surface area contributed by atoms with Crippen molar-refractivity contribution in [2.75, 3.05) is 0 Å². The van der Waals surface area contributed by atoms with Crippen molar-refractivity contribution < 1.29 is 45.4 Å². The van der Waals surface area contributed by atoms with E-state index in [4.69, 9.17) is 9.47 Å². The van der Waals surface area contributed by atoms with Crippen LogP contribution >= 0.6 is 0 Å². The molecule has 5 atom stereocenters. The second kappa shape index (κ2) is 11.8. The molecule has 5 nitrogen and oxygen atoms in total. The summed E-state index contributed by atoms with van der Waals surface area (Å²) < 4.78 is 10.5. The number of carbonyl (C=O) groups is 2. The van der Waals surface area contributed by atoms with Crippen molar-refractivity contribution in [3.8, 4) is 23.7 Å². The number of aliphatic hydroxyl groups excluding tert-OH is 1. The van der Waals surface area contributed by atoms with Crippen LogP contribution in [0, 0.1) is 29.6 Å². The molecule has 0 spiro atoms. The number of esters is 1. The van der Waals surface area contributed by atoms with Gasteiger partial charge in [0.25, 0.3) is 0 Å². The van der Waals surface area contributed by atoms with Crippen molar-refractivity contribution in [2.24, 2.45) is 5.92 Å². The summed E-state index contributed by atoms with van der Waals surface area (Å²) in [6.07, 6.45) is -0.479. The molecule has 1 aromatic rings. The van der Waals surface area contributed by atoms with Crippen molar-refractivity contribution in [3.63, 3.8) is 0 Å². The van der Waals surface area contributed by atoms with Crippen LogP contribution in [0.1, 0.15) is 50.4 Å². The number of alkyl halides is 1. The number of hydrogen-bond acceptors (Lipinski definition) is 5. The fourth-order valence-electron chi connectivity index (χ4n) is 2.75. The number of ether oxygens (including phenoxy) is 2. The molecule has 1 aliphatic heterocycles. The Morgan fingerprint density at radius 3 is 2.62 bits per heavy atom. The van der Waals surface area contributed by atoms with Gasteiger partial charge in [-0.15, -0.1) is 0 Å². The van der Waals surface area contributed by atoms with E-state index in [-0.39, 0.29) is 19.9 Å². The molecular weight excluding hydrogens is 483 g/mol. The summed E-state index contributed by atoms with van der Waals surface area (Å²) in [6.45, 7) is 5.82. The first-order chi connectivity index (χ1) is 14.0. The molecule has 1 fully saturated rings. The summed E-state index contributed by atoms with van der Waals surface area (Å²) in [4.78, 5) is 24.5. The van der Waals surface area contributed by atoms with Gasteiger partial charge in [0.2, 0.25) is 0 Å². The van der Waals surface area contributed by atoms with E-state index >= 15 is 0 Å². The Balaban J connectivity index is 2.20. The van der Waals surface area contributed by atoms with E-state index in [0.717, 1.165) is 6.42 Å². The van der Waals surface area contributed by atoms with Crippen molar-refractivity contribution in [2.45, 2.75) is 62.3 Å². The van der Waals surface area contributed by atoms with Crippen molar-refractivity contribution in [3.05, 3.63) is 35.9 Å². The van der Waals surface area contributed by atoms with E-state index in [2.05, 4.69) is 23.7 Å². The van der Waals surface area contributed by atoms with E-state index in [0.29, 0.717) is 18.4 Å². The van der Waals surface area contributed by atoms with Crippen molar-refractivity contribution in [1.82, 2.24) is 0 Å². The summed E-state index contributed by atoms with van der Waals surface area (Å²) in [6, 6.07) is 8.58. The summed E-state index contributed by atoms with van der Waals surface area (Å²) in [5.74, 6) is 11.3. The van der Waals surface area contributed by atoms with Crippen LogP contribution in [0.25, 0.3) is 0 Å². The third-order valence-electron chi connectivity index (χ3n) is 4.28. The average molecular weight is 509 g/mol. The number of benzene rings is 1. The van der Waals surface area contributed by atoms with Crippen LogP contribution < -0.4 is 21.2 Å². The van der Waals surface area contributed by atoms with Gasteiger partial charge in [-0.2, -0.15) is 0 Å². The minimum atomic E-state index is -1.20. The number of halogens is 1. The quantitative estimate of drug-likeness (QED) is 0.198. The number of rotatable bonds is 6. The van der Waals surface area contributed by atoms with Gasteiger partial charge in [-0.1, -0.05) is 0 Å². The van der Waals surface area contributed by atoms with E-state index in [1.165, 1.54) is 0 Å². The normalized spacial score (nSPS) is 21.2. The third kappa shape index (κ3) is 7.06. The Kier molecular flexibility index (Phi) is 9.50. The van der Waals surface area contributed by atoms with Crippen LogP contribution in [-0.4, -0.2) is 37.3 Å². The number of cyclic esters (lactones) is 1. The summed E-state index contributed by atoms with van der Waals surface area (Å²) in [5.41, 5.74) is 0.386. The van der Waals surface area contributed by atoms with Gasteiger partial charge >= 0.3 is 183 Å². The van der Waals surface area contributed by atoms with Crippen LogP contribution in [-0.2, 0) is 9.47 Å². The molecule has 2 unspecified atom stereocenters. The zero-order chi connectivity index (χ0) is 21.2. The Morgan fingerprint density at radius 2 is 1.97 bits per heavy atom. The van der Waals surface area contributed by atoms with Crippen LogP contribution in [0.2, 0.25) is 0 Å². The van der Waals surface area contributed by atoms with Crippen molar-refractivity contribution in [1.29, 1.82) is 0 Å². The van der Waals surface area contributed by atoms with Crippen molar-refractivity contribution >= 4 is 9.95 Å². The molecule has 2 rings (SSSR count). The fourth-order valence-corrected chi connectivity index (χ4v) is 5.76. The van der Waals surface area contributed by atoms with E-state index < -0.39 is 39.4 Å². The molecule has 0 saturated carbocycles. The van der Waals surface area contributed by atoms with E-state index in [1.807, 2.05) is 20.8 Å². The van der Waals surface area contributed by atoms with Gasteiger partial charge in [0, 0.05) is 0 Å². The zero-order valence-corrected chi connectivity index (χ0v) is 19.0. The molecule has 0 bridgehead atoms. The second-order valence-corrected chi connectivity index (χ2v) is 9.58. The second-order valence-electron chi connectivity index (χ2n) is 6.64. The van der Waals surface area contributed by atoms with Gasteiger partial charge in [0.15, 0.2) is 0 Å². The molecule has 1 N–H and O–H groups in total. The summed E-state index contributed by atoms with van der Waals surface area (Å²) >= 11 is -1.04. The van der Waals surface area contributed by atoms with Gasteiger partial charge in [-0.05, 0) is 0 Å². The fraction of sp³-hybridized carbons (Fsp3) is 0.478. The van der Waals surface area contributed by atoms with Gasteiger partial charge in [-0.25, -0.2) is 0 Å². The molecule has 1 heterocycles. The van der Waals surface area contributed by atoms with E-state index in [1.54, 1.807) is 30.3 Å². The summed E-state index contributed by atoms with van der Waals surface area (Å²) in [5, 5.41) is 10.7. The Hall–Kier alpha value is -2.03. The molecule has 1 aromatic carbocycles. The molecule has 6 heteroatoms. The molecule has 29 heavy (non-hydrogen) atoms. The molecular formula is C23H26IO5-. The third-order valence-corrected chi connectivity index (χ3v) is 7.27. The predicted molar refractivity (Wildman–Crippen MR) is 106 cm³/mol. The monoisotopic (exact) mass is 509 g/mol. The minimum absolute atomic E-state index is 0.0210. The molecule has 156 valence electrons. The number of carbonyl (C=O) groups excluding carboxylic acids is 2. The first-order valence-electron chi connectivity index (χ1n) is 9.71. The maximum atomic E-state index is 12.6. The SMILES string of the molecule is CCC#CC[C@H](C)C#CC(O)[C@@H](OC(=O)c1ccccc1)C1[I-]C(=O)O[C@H]1CC. The van der Waals surface area contributed by atoms with Crippen LogP contribution in [0.15, 0.2) is 30.3 Å². The molecule has 0 radical (unpaired) electrons. The standard InChI is InChI=1S/C23H26IO5/c1-4-6-8-11-16(3)14-15-18(25)21(20-19(5-2)28-23(27)24-20)29-22(26)17-12-9-7-10-13-17/h7,9-10,12-13,16,18-21,25H,4-5,11H2,1-3H3/q-1/t16-,18?,19-,20?,21+/m0/s1. The predicted octanol–water partition coefficient (Wildman–Crippen LogP) is 0.402. The first-order valence-corrected chi connectivity index (χ1v) is 12.0. The molecule has 0 aliphatic carbocycles. The molecule has 1 aliphatic rings. The van der Waals surface area contributed by atoms with Gasteiger partial charge < -0.3 is 0 Å².